The van der Waals surface area contributed by atoms with Gasteiger partial charge < -0.3 is 10.1 Å². The van der Waals surface area contributed by atoms with E-state index in [4.69, 9.17) is 4.74 Å². The van der Waals surface area contributed by atoms with Gasteiger partial charge in [-0.15, -0.1) is 0 Å². The van der Waals surface area contributed by atoms with E-state index in [1.54, 1.807) is 7.05 Å². The maximum absolute atomic E-state index is 11.3. The molecule has 0 heterocycles. The first kappa shape index (κ1) is 14.6. The molecule has 0 saturated heterocycles. The van der Waals surface area contributed by atoms with Crippen LogP contribution in [0.25, 0.3) is 0 Å². The highest BCUT2D eigenvalue weighted by Gasteiger charge is 2.14. The van der Waals surface area contributed by atoms with Gasteiger partial charge in [0.15, 0.2) is 0 Å². The van der Waals surface area contributed by atoms with Gasteiger partial charge in [-0.25, -0.2) is 4.79 Å². The van der Waals surface area contributed by atoms with E-state index in [2.05, 4.69) is 39.9 Å². The first-order chi connectivity index (χ1) is 8.36. The lowest BCUT2D eigenvalue weighted by molar-refractivity contribution is 0.203. The first-order valence-electron chi connectivity index (χ1n) is 6.40. The van der Waals surface area contributed by atoms with Gasteiger partial charge in [0.2, 0.25) is 0 Å². The third-order valence-electron chi connectivity index (χ3n) is 3.12. The second-order valence-corrected chi connectivity index (χ2v) is 5.18. The molecule has 0 spiro atoms. The SMILES string of the molecule is CNC(=O)Oc1cc(C(C)C)c(C)c(C(C)C)c1. The minimum absolute atomic E-state index is 0.413. The number of hydrogen-bond acceptors (Lipinski definition) is 2. The lowest BCUT2D eigenvalue weighted by Crippen LogP contribution is -2.22. The minimum atomic E-state index is -0.428. The molecule has 0 aliphatic heterocycles. The van der Waals surface area contributed by atoms with Crippen LogP contribution >= 0.6 is 0 Å². The fraction of sp³-hybridized carbons (Fsp3) is 0.533. The summed E-state index contributed by atoms with van der Waals surface area (Å²) in [5, 5.41) is 2.46. The van der Waals surface area contributed by atoms with E-state index in [-0.39, 0.29) is 0 Å². The zero-order valence-electron chi connectivity index (χ0n) is 12.1. The van der Waals surface area contributed by atoms with E-state index < -0.39 is 6.09 Å². The van der Waals surface area contributed by atoms with Crippen LogP contribution in [0.3, 0.4) is 0 Å². The highest BCUT2D eigenvalue weighted by Crippen LogP contribution is 2.31. The molecular weight excluding hydrogens is 226 g/mol. The number of benzene rings is 1. The molecule has 0 saturated carbocycles. The van der Waals surface area contributed by atoms with Crippen LogP contribution in [-0.4, -0.2) is 13.1 Å². The quantitative estimate of drug-likeness (QED) is 0.880. The van der Waals surface area contributed by atoms with Gasteiger partial charge in [-0.2, -0.15) is 0 Å². The molecule has 0 aromatic heterocycles. The molecule has 0 aliphatic rings. The lowest BCUT2D eigenvalue weighted by atomic mass is 9.89. The molecule has 0 radical (unpaired) electrons. The van der Waals surface area contributed by atoms with Crippen LogP contribution in [0, 0.1) is 6.92 Å². The van der Waals surface area contributed by atoms with Crippen LogP contribution in [0.4, 0.5) is 4.79 Å². The monoisotopic (exact) mass is 249 g/mol. The smallest absolute Gasteiger partial charge is 0.410 e. The predicted molar refractivity (Wildman–Crippen MR) is 74.4 cm³/mol. The van der Waals surface area contributed by atoms with E-state index >= 15 is 0 Å². The molecule has 1 N–H and O–H groups in total. The average Bonchev–Trinajstić information content (AvgIpc) is 2.30. The largest absolute Gasteiger partial charge is 0.412 e. The Morgan fingerprint density at radius 3 is 1.89 bits per heavy atom. The molecule has 3 heteroatoms. The first-order valence-corrected chi connectivity index (χ1v) is 6.40. The molecule has 3 nitrogen and oxygen atoms in total. The van der Waals surface area contributed by atoms with Crippen LogP contribution in [0.5, 0.6) is 5.75 Å². The number of rotatable bonds is 3. The van der Waals surface area contributed by atoms with Crippen molar-refractivity contribution in [3.8, 4) is 5.75 Å². The second-order valence-electron chi connectivity index (χ2n) is 5.18. The molecule has 0 fully saturated rings. The van der Waals surface area contributed by atoms with Crippen LogP contribution in [0.2, 0.25) is 0 Å². The molecule has 1 amide bonds. The molecule has 0 bridgehead atoms. The number of ether oxygens (including phenoxy) is 1. The van der Waals surface area contributed by atoms with Gasteiger partial charge in [0.25, 0.3) is 0 Å². The average molecular weight is 249 g/mol. The molecule has 1 aromatic rings. The summed E-state index contributed by atoms with van der Waals surface area (Å²) in [4.78, 5) is 11.3. The summed E-state index contributed by atoms with van der Waals surface area (Å²) in [6, 6.07) is 3.92. The summed E-state index contributed by atoms with van der Waals surface area (Å²) in [5.41, 5.74) is 3.77. The van der Waals surface area contributed by atoms with E-state index in [0.29, 0.717) is 17.6 Å². The molecular formula is C15H23NO2. The molecule has 1 rings (SSSR count). The molecule has 18 heavy (non-hydrogen) atoms. The molecule has 0 aliphatic carbocycles. The number of hydrogen-bond donors (Lipinski definition) is 1. The fourth-order valence-corrected chi connectivity index (χ4v) is 2.15. The van der Waals surface area contributed by atoms with Crippen molar-refractivity contribution in [3.05, 3.63) is 28.8 Å². The topological polar surface area (TPSA) is 38.3 Å². The van der Waals surface area contributed by atoms with Crippen LogP contribution in [0.1, 0.15) is 56.2 Å². The Kier molecular flexibility index (Phi) is 4.76. The fourth-order valence-electron chi connectivity index (χ4n) is 2.15. The maximum atomic E-state index is 11.3. The van der Waals surface area contributed by atoms with Crippen molar-refractivity contribution < 1.29 is 9.53 Å². The normalized spacial score (nSPS) is 10.9. The molecule has 0 unspecified atom stereocenters. The molecule has 100 valence electrons. The lowest BCUT2D eigenvalue weighted by Gasteiger charge is -2.18. The zero-order chi connectivity index (χ0) is 13.9. The summed E-state index contributed by atoms with van der Waals surface area (Å²) in [5.74, 6) is 1.44. The minimum Gasteiger partial charge on any atom is -0.410 e. The Morgan fingerprint density at radius 1 is 1.11 bits per heavy atom. The number of nitrogens with one attached hydrogen (secondary N) is 1. The Bertz CT molecular complexity index is 407. The van der Waals surface area contributed by atoms with Crippen LogP contribution in [0.15, 0.2) is 12.1 Å². The van der Waals surface area contributed by atoms with Crippen molar-refractivity contribution in [2.24, 2.45) is 0 Å². The summed E-state index contributed by atoms with van der Waals surface area (Å²) in [6.07, 6.45) is -0.428. The Balaban J connectivity index is 3.24. The van der Waals surface area contributed by atoms with E-state index in [9.17, 15) is 4.79 Å². The van der Waals surface area contributed by atoms with Gasteiger partial charge in [0.1, 0.15) is 5.75 Å². The van der Waals surface area contributed by atoms with E-state index in [0.717, 1.165) is 0 Å². The van der Waals surface area contributed by atoms with Gasteiger partial charge in [-0.3, -0.25) is 0 Å². The summed E-state index contributed by atoms with van der Waals surface area (Å²) in [6.45, 7) is 10.7. The summed E-state index contributed by atoms with van der Waals surface area (Å²) < 4.78 is 5.25. The van der Waals surface area contributed by atoms with Gasteiger partial charge in [0, 0.05) is 7.05 Å². The Labute approximate surface area is 110 Å². The van der Waals surface area contributed by atoms with Crippen molar-refractivity contribution in [2.75, 3.05) is 7.05 Å². The predicted octanol–water partition coefficient (Wildman–Crippen LogP) is 3.96. The number of carbonyl (C=O) groups excluding carboxylic acids is 1. The van der Waals surface area contributed by atoms with Crippen molar-refractivity contribution in [1.29, 1.82) is 0 Å². The summed E-state index contributed by atoms with van der Waals surface area (Å²) in [7, 11) is 1.56. The van der Waals surface area contributed by atoms with Crippen molar-refractivity contribution >= 4 is 6.09 Å². The highest BCUT2D eigenvalue weighted by molar-refractivity contribution is 5.70. The zero-order valence-corrected chi connectivity index (χ0v) is 12.1. The Morgan fingerprint density at radius 2 is 1.56 bits per heavy atom. The number of amides is 1. The third kappa shape index (κ3) is 3.25. The molecule has 0 atom stereocenters. The number of carbonyl (C=O) groups is 1. The van der Waals surface area contributed by atoms with Gasteiger partial charge >= 0.3 is 6.09 Å². The van der Waals surface area contributed by atoms with Gasteiger partial charge in [-0.05, 0) is 47.6 Å². The standard InChI is InChI=1S/C15H23NO2/c1-9(2)13-7-12(18-15(17)16-6)8-14(10(3)4)11(13)5/h7-10H,1-6H3,(H,16,17). The Hall–Kier alpha value is -1.51. The van der Waals surface area contributed by atoms with Gasteiger partial charge in [-0.1, -0.05) is 27.7 Å². The highest BCUT2D eigenvalue weighted by atomic mass is 16.5. The van der Waals surface area contributed by atoms with E-state index in [1.165, 1.54) is 16.7 Å². The van der Waals surface area contributed by atoms with Crippen LogP contribution < -0.4 is 10.1 Å². The molecule has 1 aromatic carbocycles. The van der Waals surface area contributed by atoms with Crippen molar-refractivity contribution in [1.82, 2.24) is 5.32 Å². The van der Waals surface area contributed by atoms with Crippen LogP contribution in [-0.2, 0) is 0 Å². The van der Waals surface area contributed by atoms with E-state index in [1.807, 2.05) is 12.1 Å². The van der Waals surface area contributed by atoms with Crippen molar-refractivity contribution in [3.63, 3.8) is 0 Å². The third-order valence-corrected chi connectivity index (χ3v) is 3.12. The maximum Gasteiger partial charge on any atom is 0.412 e. The summed E-state index contributed by atoms with van der Waals surface area (Å²) >= 11 is 0. The van der Waals surface area contributed by atoms with Gasteiger partial charge in [0.05, 0.1) is 0 Å². The second kappa shape index (κ2) is 5.89. The van der Waals surface area contributed by atoms with Crippen molar-refractivity contribution in [2.45, 2.75) is 46.5 Å².